The number of amides is 1. The number of anilines is 2. The quantitative estimate of drug-likeness (QED) is 0.820. The van der Waals surface area contributed by atoms with E-state index in [2.05, 4.69) is 39.6 Å². The number of aryl methyl sites for hydroxylation is 1. The lowest BCUT2D eigenvalue weighted by atomic mass is 10.2. The number of benzene rings is 1. The highest BCUT2D eigenvalue weighted by Crippen LogP contribution is 2.37. The summed E-state index contributed by atoms with van der Waals surface area (Å²) in [7, 11) is 0. The number of rotatable bonds is 3. The van der Waals surface area contributed by atoms with Gasteiger partial charge < -0.3 is 15.4 Å². The van der Waals surface area contributed by atoms with E-state index in [1.54, 1.807) is 17.4 Å². The predicted molar refractivity (Wildman–Crippen MR) is 89.7 cm³/mol. The molecule has 1 aliphatic rings. The molecule has 0 saturated carbocycles. The number of carbonyl (C=O) groups excluding carboxylic acids is 1. The van der Waals surface area contributed by atoms with E-state index >= 15 is 0 Å². The Morgan fingerprint density at radius 2 is 2.29 bits per heavy atom. The number of hydrogen-bond donors (Lipinski definition) is 2. The van der Waals surface area contributed by atoms with E-state index in [1.165, 1.54) is 9.75 Å². The van der Waals surface area contributed by atoms with Gasteiger partial charge in [0.2, 0.25) is 0 Å². The highest BCUT2D eigenvalue weighted by Gasteiger charge is 2.18. The fourth-order valence-corrected chi connectivity index (χ4v) is 3.79. The lowest BCUT2D eigenvalue weighted by Gasteiger charge is -2.19. The Morgan fingerprint density at radius 1 is 1.48 bits per heavy atom. The molecule has 2 heterocycles. The summed E-state index contributed by atoms with van der Waals surface area (Å²) in [4.78, 5) is 13.7. The molecule has 0 atom stereocenters. The Labute approximate surface area is 139 Å². The molecule has 2 aromatic rings. The Bertz CT molecular complexity index is 698. The van der Waals surface area contributed by atoms with Crippen molar-refractivity contribution in [3.05, 3.63) is 37.4 Å². The lowest BCUT2D eigenvalue weighted by Crippen LogP contribution is -2.25. The van der Waals surface area contributed by atoms with E-state index < -0.39 is 0 Å². The molecule has 1 aromatic heterocycles. The summed E-state index contributed by atoms with van der Waals surface area (Å²) in [6.45, 7) is 2.79. The van der Waals surface area contributed by atoms with Crippen molar-refractivity contribution in [2.45, 2.75) is 13.5 Å². The van der Waals surface area contributed by atoms with Crippen molar-refractivity contribution in [3.63, 3.8) is 0 Å². The zero-order valence-corrected chi connectivity index (χ0v) is 14.3. The van der Waals surface area contributed by atoms with E-state index in [1.807, 2.05) is 6.07 Å². The third-order valence-corrected chi connectivity index (χ3v) is 5.51. The van der Waals surface area contributed by atoms with Gasteiger partial charge in [0.05, 0.1) is 16.4 Å². The van der Waals surface area contributed by atoms with Crippen LogP contribution in [0.2, 0.25) is 5.02 Å². The lowest BCUT2D eigenvalue weighted by molar-refractivity contribution is -0.118. The third-order valence-electron chi connectivity index (χ3n) is 3.06. The van der Waals surface area contributed by atoms with Crippen LogP contribution < -0.4 is 15.4 Å². The van der Waals surface area contributed by atoms with Crippen molar-refractivity contribution in [1.82, 2.24) is 0 Å². The van der Waals surface area contributed by atoms with E-state index in [0.717, 1.165) is 10.2 Å². The fraction of sp³-hybridized carbons (Fsp3) is 0.214. The second-order valence-electron chi connectivity index (χ2n) is 4.64. The van der Waals surface area contributed by atoms with Crippen LogP contribution in [0.15, 0.2) is 22.7 Å². The summed E-state index contributed by atoms with van der Waals surface area (Å²) < 4.78 is 6.51. The number of carbonyl (C=O) groups is 1. The van der Waals surface area contributed by atoms with Crippen molar-refractivity contribution in [2.75, 3.05) is 17.2 Å². The monoisotopic (exact) mass is 386 g/mol. The van der Waals surface area contributed by atoms with Crippen LogP contribution in [0.5, 0.6) is 5.75 Å². The highest BCUT2D eigenvalue weighted by atomic mass is 79.9. The fourth-order valence-electron chi connectivity index (χ4n) is 2.02. The summed E-state index contributed by atoms with van der Waals surface area (Å²) in [5.41, 5.74) is 1.39. The molecule has 0 radical (unpaired) electrons. The van der Waals surface area contributed by atoms with Crippen LogP contribution in [0.1, 0.15) is 9.75 Å². The van der Waals surface area contributed by atoms with Crippen LogP contribution in [0.25, 0.3) is 0 Å². The minimum absolute atomic E-state index is 0.0329. The maximum absolute atomic E-state index is 11.3. The molecule has 3 rings (SSSR count). The molecule has 0 bridgehead atoms. The molecule has 7 heteroatoms. The number of hydrogen-bond acceptors (Lipinski definition) is 4. The molecule has 1 aliphatic heterocycles. The van der Waals surface area contributed by atoms with Crippen molar-refractivity contribution in [2.24, 2.45) is 0 Å². The zero-order chi connectivity index (χ0) is 15.0. The van der Waals surface area contributed by atoms with Gasteiger partial charge in [-0.15, -0.1) is 11.3 Å². The summed E-state index contributed by atoms with van der Waals surface area (Å²) in [5.74, 6) is 0.461. The first-order valence-electron chi connectivity index (χ1n) is 6.28. The van der Waals surface area contributed by atoms with Crippen LogP contribution >= 0.6 is 38.9 Å². The normalized spacial score (nSPS) is 13.4. The molecular formula is C14H12BrClN2O2S. The first-order chi connectivity index (χ1) is 10.0. The Kier molecular flexibility index (Phi) is 4.10. The van der Waals surface area contributed by atoms with Gasteiger partial charge in [0.25, 0.3) is 5.91 Å². The van der Waals surface area contributed by atoms with Crippen molar-refractivity contribution in [1.29, 1.82) is 0 Å². The van der Waals surface area contributed by atoms with Crippen LogP contribution in [0, 0.1) is 6.92 Å². The molecule has 2 N–H and O–H groups in total. The first-order valence-corrected chi connectivity index (χ1v) is 8.26. The van der Waals surface area contributed by atoms with Crippen molar-refractivity contribution < 1.29 is 9.53 Å². The van der Waals surface area contributed by atoms with Gasteiger partial charge in [-0.3, -0.25) is 4.79 Å². The van der Waals surface area contributed by atoms with Gasteiger partial charge >= 0.3 is 0 Å². The number of halogens is 2. The molecule has 0 fully saturated rings. The third kappa shape index (κ3) is 3.17. The summed E-state index contributed by atoms with van der Waals surface area (Å²) >= 11 is 11.5. The molecule has 4 nitrogen and oxygen atoms in total. The number of nitrogens with one attached hydrogen (secondary N) is 2. The highest BCUT2D eigenvalue weighted by molar-refractivity contribution is 9.10. The standard InChI is InChI=1S/C14H12BrClN2O2S/c1-7-9(15)2-8(21-7)5-17-11-4-13-12(3-10(11)16)18-14(19)6-20-13/h2-4,17H,5-6H2,1H3,(H,18,19). The maximum atomic E-state index is 11.3. The molecule has 1 aromatic carbocycles. The number of ether oxygens (including phenoxy) is 1. The summed E-state index contributed by atoms with van der Waals surface area (Å²) in [5, 5.41) is 6.58. The Morgan fingerprint density at radius 3 is 3.00 bits per heavy atom. The minimum atomic E-state index is -0.168. The molecule has 0 spiro atoms. The predicted octanol–water partition coefficient (Wildman–Crippen LogP) is 4.42. The Hall–Kier alpha value is -1.24. The average molecular weight is 388 g/mol. The molecule has 110 valence electrons. The van der Waals surface area contributed by atoms with E-state index in [4.69, 9.17) is 16.3 Å². The second-order valence-corrected chi connectivity index (χ2v) is 7.24. The largest absolute Gasteiger partial charge is 0.482 e. The van der Waals surface area contributed by atoms with Crippen LogP contribution in [0.4, 0.5) is 11.4 Å². The van der Waals surface area contributed by atoms with E-state index in [9.17, 15) is 4.79 Å². The average Bonchev–Trinajstić information content (AvgIpc) is 2.75. The van der Waals surface area contributed by atoms with Gasteiger partial charge in [0, 0.05) is 26.8 Å². The first kappa shape index (κ1) is 14.7. The van der Waals surface area contributed by atoms with Gasteiger partial charge in [-0.1, -0.05) is 11.6 Å². The van der Waals surface area contributed by atoms with Gasteiger partial charge in [0.15, 0.2) is 6.61 Å². The van der Waals surface area contributed by atoms with Crippen molar-refractivity contribution in [3.8, 4) is 5.75 Å². The minimum Gasteiger partial charge on any atom is -0.482 e. The van der Waals surface area contributed by atoms with E-state index in [0.29, 0.717) is 23.0 Å². The number of thiophene rings is 1. The SMILES string of the molecule is Cc1sc(CNc2cc3c(cc2Cl)NC(=O)CO3)cc1Br. The molecule has 0 aliphatic carbocycles. The molecule has 1 amide bonds. The number of fused-ring (bicyclic) bond motifs is 1. The second kappa shape index (κ2) is 5.87. The van der Waals surface area contributed by atoms with Crippen molar-refractivity contribution >= 4 is 56.1 Å². The summed E-state index contributed by atoms with van der Waals surface area (Å²) in [6.07, 6.45) is 0. The van der Waals surface area contributed by atoms with E-state index in [-0.39, 0.29) is 12.5 Å². The van der Waals surface area contributed by atoms with Gasteiger partial charge in [-0.05, 0) is 35.0 Å². The molecule has 21 heavy (non-hydrogen) atoms. The zero-order valence-electron chi connectivity index (χ0n) is 11.1. The van der Waals surface area contributed by atoms with Gasteiger partial charge in [0.1, 0.15) is 5.75 Å². The van der Waals surface area contributed by atoms with Gasteiger partial charge in [-0.25, -0.2) is 0 Å². The molecule has 0 saturated heterocycles. The Balaban J connectivity index is 1.78. The molecule has 0 unspecified atom stereocenters. The van der Waals surface area contributed by atoms with Crippen LogP contribution in [-0.4, -0.2) is 12.5 Å². The maximum Gasteiger partial charge on any atom is 0.262 e. The van der Waals surface area contributed by atoms with Gasteiger partial charge in [-0.2, -0.15) is 0 Å². The summed E-state index contributed by atoms with van der Waals surface area (Å²) in [6, 6.07) is 5.61. The molecular weight excluding hydrogens is 376 g/mol. The topological polar surface area (TPSA) is 50.4 Å². The smallest absolute Gasteiger partial charge is 0.262 e. The van der Waals surface area contributed by atoms with Crippen LogP contribution in [0.3, 0.4) is 0 Å². The van der Waals surface area contributed by atoms with Crippen LogP contribution in [-0.2, 0) is 11.3 Å².